The molecule has 0 unspecified atom stereocenters. The van der Waals surface area contributed by atoms with Crippen LogP contribution in [0.25, 0.3) is 0 Å². The maximum Gasteiger partial charge on any atom is 0.320 e. The second kappa shape index (κ2) is 5.61. The van der Waals surface area contributed by atoms with Gasteiger partial charge in [-0.1, -0.05) is 13.8 Å². The molecule has 0 aromatic heterocycles. The predicted molar refractivity (Wildman–Crippen MR) is 59.8 cm³/mol. The molecule has 4 heteroatoms. The van der Waals surface area contributed by atoms with E-state index in [-0.39, 0.29) is 6.04 Å². The van der Waals surface area contributed by atoms with E-state index in [1.165, 1.54) is 5.75 Å². The average molecular weight is 217 g/mol. The van der Waals surface area contributed by atoms with Gasteiger partial charge in [-0.05, 0) is 25.1 Å². The smallest absolute Gasteiger partial charge is 0.320 e. The lowest BCUT2D eigenvalue weighted by Crippen LogP contribution is -2.47. The van der Waals surface area contributed by atoms with Crippen molar-refractivity contribution in [2.75, 3.05) is 18.1 Å². The molecule has 0 bridgehead atoms. The summed E-state index contributed by atoms with van der Waals surface area (Å²) in [6.07, 6.45) is 1.84. The molecule has 82 valence electrons. The van der Waals surface area contributed by atoms with Crippen LogP contribution >= 0.6 is 11.8 Å². The minimum absolute atomic E-state index is 0.288. The largest absolute Gasteiger partial charge is 0.480 e. The number of rotatable bonds is 5. The summed E-state index contributed by atoms with van der Waals surface area (Å²) in [5.74, 6) is 1.60. The van der Waals surface area contributed by atoms with Crippen molar-refractivity contribution in [3.63, 3.8) is 0 Å². The number of aliphatic carboxylic acids is 1. The van der Waals surface area contributed by atoms with Crippen molar-refractivity contribution < 1.29 is 9.90 Å². The summed E-state index contributed by atoms with van der Waals surface area (Å²) in [6.45, 7) is 4.84. The summed E-state index contributed by atoms with van der Waals surface area (Å²) in [5, 5.41) is 9.09. The third kappa shape index (κ3) is 2.64. The lowest BCUT2D eigenvalue weighted by molar-refractivity contribution is -0.144. The highest BCUT2D eigenvalue weighted by Gasteiger charge is 2.30. The highest BCUT2D eigenvalue weighted by atomic mass is 32.2. The van der Waals surface area contributed by atoms with E-state index in [1.54, 1.807) is 0 Å². The third-order valence-electron chi connectivity index (χ3n) is 2.81. The Morgan fingerprint density at radius 2 is 2.36 bits per heavy atom. The van der Waals surface area contributed by atoms with Crippen molar-refractivity contribution in [1.82, 2.24) is 4.90 Å². The fourth-order valence-electron chi connectivity index (χ4n) is 2.07. The summed E-state index contributed by atoms with van der Waals surface area (Å²) in [6, 6.07) is 0.190. The van der Waals surface area contributed by atoms with Crippen LogP contribution in [-0.2, 0) is 4.79 Å². The van der Waals surface area contributed by atoms with Crippen molar-refractivity contribution in [2.24, 2.45) is 0 Å². The Morgan fingerprint density at radius 1 is 1.64 bits per heavy atom. The lowest BCUT2D eigenvalue weighted by atomic mass is 10.1. The van der Waals surface area contributed by atoms with E-state index in [1.807, 2.05) is 18.7 Å². The van der Waals surface area contributed by atoms with Gasteiger partial charge in [0.1, 0.15) is 6.04 Å². The van der Waals surface area contributed by atoms with Gasteiger partial charge in [-0.25, -0.2) is 0 Å². The third-order valence-corrected chi connectivity index (χ3v) is 3.96. The van der Waals surface area contributed by atoms with E-state index in [2.05, 4.69) is 11.8 Å². The Bertz CT molecular complexity index is 193. The summed E-state index contributed by atoms with van der Waals surface area (Å²) in [4.78, 5) is 13.2. The van der Waals surface area contributed by atoms with E-state index in [4.69, 9.17) is 5.11 Å². The van der Waals surface area contributed by atoms with Crippen LogP contribution in [0.3, 0.4) is 0 Å². The van der Waals surface area contributed by atoms with Crippen LogP contribution in [0.15, 0.2) is 0 Å². The molecule has 14 heavy (non-hydrogen) atoms. The molecule has 0 aromatic carbocycles. The molecule has 1 aliphatic rings. The second-order valence-electron chi connectivity index (χ2n) is 3.61. The molecular formula is C10H19NO2S. The number of carbonyl (C=O) groups is 1. The molecule has 1 rings (SSSR count). The quantitative estimate of drug-likeness (QED) is 0.760. The van der Waals surface area contributed by atoms with Crippen LogP contribution in [0.2, 0.25) is 0 Å². The fraction of sp³-hybridized carbons (Fsp3) is 0.900. The van der Waals surface area contributed by atoms with E-state index >= 15 is 0 Å². The Labute approximate surface area is 89.9 Å². The number of thioether (sulfide) groups is 1. The molecule has 0 aliphatic carbocycles. The Hall–Kier alpha value is -0.220. The number of nitrogens with zero attached hydrogens (tertiary/aromatic N) is 1. The summed E-state index contributed by atoms with van der Waals surface area (Å²) in [5.41, 5.74) is 0. The van der Waals surface area contributed by atoms with E-state index in [0.717, 1.165) is 18.7 Å². The zero-order valence-electron chi connectivity index (χ0n) is 8.90. The molecule has 0 saturated carbocycles. The number of carboxylic acid groups (broad SMARTS) is 1. The molecular weight excluding hydrogens is 198 g/mol. The van der Waals surface area contributed by atoms with E-state index in [0.29, 0.717) is 12.5 Å². The topological polar surface area (TPSA) is 40.5 Å². The van der Waals surface area contributed by atoms with Crippen LogP contribution < -0.4 is 0 Å². The Balaban J connectivity index is 2.62. The van der Waals surface area contributed by atoms with Gasteiger partial charge in [0, 0.05) is 11.8 Å². The van der Waals surface area contributed by atoms with Crippen molar-refractivity contribution in [2.45, 2.75) is 38.8 Å². The first-order valence-corrected chi connectivity index (χ1v) is 6.42. The summed E-state index contributed by atoms with van der Waals surface area (Å²) < 4.78 is 0. The minimum atomic E-state index is -0.675. The molecule has 0 amide bonds. The van der Waals surface area contributed by atoms with Gasteiger partial charge in [-0.2, -0.15) is 11.8 Å². The van der Waals surface area contributed by atoms with Gasteiger partial charge >= 0.3 is 5.97 Å². The van der Waals surface area contributed by atoms with Gasteiger partial charge in [0.25, 0.3) is 0 Å². The maximum absolute atomic E-state index is 11.0. The monoisotopic (exact) mass is 217 g/mol. The number of hydrogen-bond acceptors (Lipinski definition) is 3. The molecule has 1 heterocycles. The van der Waals surface area contributed by atoms with Crippen molar-refractivity contribution >= 4 is 17.7 Å². The first-order chi connectivity index (χ1) is 6.70. The minimum Gasteiger partial charge on any atom is -0.480 e. The van der Waals surface area contributed by atoms with Gasteiger partial charge in [-0.3, -0.25) is 9.69 Å². The molecule has 1 aliphatic heterocycles. The van der Waals surface area contributed by atoms with E-state index < -0.39 is 5.97 Å². The average Bonchev–Trinajstić information content (AvgIpc) is 2.65. The molecule has 0 aromatic rings. The lowest BCUT2D eigenvalue weighted by Gasteiger charge is -2.31. The zero-order chi connectivity index (χ0) is 10.6. The van der Waals surface area contributed by atoms with Gasteiger partial charge < -0.3 is 5.11 Å². The molecule has 1 saturated heterocycles. The predicted octanol–water partition coefficient (Wildman–Crippen LogP) is 1.68. The molecule has 3 nitrogen and oxygen atoms in total. The standard InChI is InChI=1S/C10H19NO2S/c1-3-9(10(12)13)11(4-2)8-5-6-14-7-8/h8-9H,3-7H2,1-2H3,(H,12,13)/t8-,9-/m0/s1. The highest BCUT2D eigenvalue weighted by molar-refractivity contribution is 7.99. The van der Waals surface area contributed by atoms with Gasteiger partial charge in [0.15, 0.2) is 0 Å². The highest BCUT2D eigenvalue weighted by Crippen LogP contribution is 2.24. The van der Waals surface area contributed by atoms with Crippen LogP contribution in [-0.4, -0.2) is 46.1 Å². The number of likely N-dealkylation sites (N-methyl/N-ethyl adjacent to an activating group) is 1. The first kappa shape index (κ1) is 11.9. The molecule has 2 atom stereocenters. The molecule has 0 radical (unpaired) electrons. The summed E-state index contributed by atoms with van der Waals surface area (Å²) >= 11 is 1.93. The Morgan fingerprint density at radius 3 is 2.71 bits per heavy atom. The number of hydrogen-bond donors (Lipinski definition) is 1. The van der Waals surface area contributed by atoms with Crippen molar-refractivity contribution in [1.29, 1.82) is 0 Å². The van der Waals surface area contributed by atoms with Gasteiger partial charge in [0.2, 0.25) is 0 Å². The van der Waals surface area contributed by atoms with Crippen LogP contribution in [0.4, 0.5) is 0 Å². The molecule has 1 N–H and O–H groups in total. The van der Waals surface area contributed by atoms with Crippen molar-refractivity contribution in [3.8, 4) is 0 Å². The van der Waals surface area contributed by atoms with Gasteiger partial charge in [0.05, 0.1) is 0 Å². The SMILES string of the molecule is CC[C@@H](C(=O)O)N(CC)[C@H]1CCSC1. The van der Waals surface area contributed by atoms with Crippen LogP contribution in [0.5, 0.6) is 0 Å². The van der Waals surface area contributed by atoms with Crippen molar-refractivity contribution in [3.05, 3.63) is 0 Å². The first-order valence-electron chi connectivity index (χ1n) is 5.27. The van der Waals surface area contributed by atoms with Gasteiger partial charge in [-0.15, -0.1) is 0 Å². The fourth-order valence-corrected chi connectivity index (χ4v) is 3.30. The zero-order valence-corrected chi connectivity index (χ0v) is 9.72. The van der Waals surface area contributed by atoms with E-state index in [9.17, 15) is 4.79 Å². The maximum atomic E-state index is 11.0. The molecule has 0 spiro atoms. The Kier molecular flexibility index (Phi) is 4.75. The molecule has 1 fully saturated rings. The second-order valence-corrected chi connectivity index (χ2v) is 4.76. The van der Waals surface area contributed by atoms with Crippen LogP contribution in [0, 0.1) is 0 Å². The number of carboxylic acids is 1. The summed E-state index contributed by atoms with van der Waals surface area (Å²) in [7, 11) is 0. The normalized spacial score (nSPS) is 24.1. The van der Waals surface area contributed by atoms with Crippen LogP contribution in [0.1, 0.15) is 26.7 Å².